The van der Waals surface area contributed by atoms with Gasteiger partial charge in [-0.05, 0) is 49.4 Å². The number of aromatic nitrogens is 4. The Kier molecular flexibility index (Phi) is 4.00. The molecule has 1 aliphatic carbocycles. The normalized spacial score (nSPS) is 15.8. The highest BCUT2D eigenvalue weighted by atomic mass is 16.5. The van der Waals surface area contributed by atoms with Gasteiger partial charge in [0.25, 0.3) is 0 Å². The van der Waals surface area contributed by atoms with Gasteiger partial charge in [0.05, 0.1) is 36.5 Å². The highest BCUT2D eigenvalue weighted by Crippen LogP contribution is 2.37. The van der Waals surface area contributed by atoms with E-state index < -0.39 is 0 Å². The summed E-state index contributed by atoms with van der Waals surface area (Å²) in [6.45, 7) is 2.61. The fraction of sp³-hybridized carbons (Fsp3) is 0.348. The van der Waals surface area contributed by atoms with Crippen LogP contribution in [0.5, 0.6) is 11.6 Å². The summed E-state index contributed by atoms with van der Waals surface area (Å²) >= 11 is 0. The Bertz CT molecular complexity index is 1260. The first-order valence-corrected chi connectivity index (χ1v) is 10.5. The zero-order valence-electron chi connectivity index (χ0n) is 16.9. The van der Waals surface area contributed by atoms with Crippen LogP contribution in [-0.2, 0) is 6.54 Å². The number of ether oxygens (including phenoxy) is 2. The van der Waals surface area contributed by atoms with Crippen molar-refractivity contribution in [2.75, 3.05) is 25.6 Å². The number of nitrogens with one attached hydrogen (secondary N) is 1. The largest absolute Gasteiger partial charge is 0.491 e. The smallest absolute Gasteiger partial charge is 0.232 e. The lowest BCUT2D eigenvalue weighted by molar-refractivity contribution is 0.316. The van der Waals surface area contributed by atoms with Gasteiger partial charge in [-0.25, -0.2) is 15.0 Å². The SMILES string of the molecule is COc1cnc2cc(-c3nc4cc(NCC5CC5)cc5c4n3CCCO5)ccc2n1. The van der Waals surface area contributed by atoms with Crippen molar-refractivity contribution in [3.05, 3.63) is 36.5 Å². The summed E-state index contributed by atoms with van der Waals surface area (Å²) in [7, 11) is 1.60. The van der Waals surface area contributed by atoms with Crippen LogP contribution < -0.4 is 14.8 Å². The van der Waals surface area contributed by atoms with Gasteiger partial charge in [0.15, 0.2) is 0 Å². The lowest BCUT2D eigenvalue weighted by Gasteiger charge is -2.10. The molecule has 0 saturated heterocycles. The van der Waals surface area contributed by atoms with Crippen molar-refractivity contribution in [2.45, 2.75) is 25.8 Å². The average Bonchev–Trinajstić information content (AvgIpc) is 3.57. The second-order valence-electron chi connectivity index (χ2n) is 8.07. The van der Waals surface area contributed by atoms with E-state index in [2.05, 4.69) is 38.1 Å². The van der Waals surface area contributed by atoms with Gasteiger partial charge >= 0.3 is 0 Å². The van der Waals surface area contributed by atoms with E-state index in [-0.39, 0.29) is 0 Å². The van der Waals surface area contributed by atoms with E-state index in [1.807, 2.05) is 12.1 Å². The van der Waals surface area contributed by atoms with E-state index in [9.17, 15) is 0 Å². The van der Waals surface area contributed by atoms with Gasteiger partial charge in [-0.1, -0.05) is 0 Å². The number of methoxy groups -OCH3 is 1. The van der Waals surface area contributed by atoms with Crippen molar-refractivity contribution in [3.63, 3.8) is 0 Å². The highest BCUT2D eigenvalue weighted by Gasteiger charge is 2.23. The summed E-state index contributed by atoms with van der Waals surface area (Å²) in [4.78, 5) is 14.0. The van der Waals surface area contributed by atoms with Crippen molar-refractivity contribution in [1.82, 2.24) is 19.5 Å². The van der Waals surface area contributed by atoms with Crippen LogP contribution in [0, 0.1) is 5.92 Å². The maximum atomic E-state index is 6.09. The Morgan fingerprint density at radius 1 is 1.13 bits per heavy atom. The van der Waals surface area contributed by atoms with Crippen LogP contribution in [0.4, 0.5) is 5.69 Å². The summed E-state index contributed by atoms with van der Waals surface area (Å²) in [5, 5.41) is 3.56. The van der Waals surface area contributed by atoms with Crippen molar-refractivity contribution in [1.29, 1.82) is 0 Å². The van der Waals surface area contributed by atoms with E-state index in [1.54, 1.807) is 13.3 Å². The molecule has 1 fully saturated rings. The van der Waals surface area contributed by atoms with Crippen molar-refractivity contribution in [3.8, 4) is 23.0 Å². The van der Waals surface area contributed by atoms with Crippen molar-refractivity contribution >= 4 is 27.8 Å². The van der Waals surface area contributed by atoms with Crippen molar-refractivity contribution in [2.24, 2.45) is 5.92 Å². The van der Waals surface area contributed by atoms with Crippen molar-refractivity contribution < 1.29 is 9.47 Å². The summed E-state index contributed by atoms with van der Waals surface area (Å²) in [6.07, 6.45) is 5.25. The molecule has 4 aromatic rings. The molecule has 0 unspecified atom stereocenters. The molecule has 0 bridgehead atoms. The molecule has 30 heavy (non-hydrogen) atoms. The van der Waals surface area contributed by atoms with E-state index in [0.29, 0.717) is 12.5 Å². The van der Waals surface area contributed by atoms with Crippen LogP contribution in [0.25, 0.3) is 33.5 Å². The summed E-state index contributed by atoms with van der Waals surface area (Å²) in [5.74, 6) is 3.18. The molecule has 1 aliphatic heterocycles. The molecule has 2 aromatic carbocycles. The third-order valence-electron chi connectivity index (χ3n) is 5.87. The molecule has 1 N–H and O–H groups in total. The number of hydrogen-bond acceptors (Lipinski definition) is 6. The van der Waals surface area contributed by atoms with Gasteiger partial charge < -0.3 is 19.4 Å². The van der Waals surface area contributed by atoms with Gasteiger partial charge in [-0.15, -0.1) is 0 Å². The predicted molar refractivity (Wildman–Crippen MR) is 116 cm³/mol. The van der Waals surface area contributed by atoms with Crippen LogP contribution in [0.1, 0.15) is 19.3 Å². The van der Waals surface area contributed by atoms with E-state index in [1.165, 1.54) is 12.8 Å². The molecular weight excluding hydrogens is 378 g/mol. The minimum absolute atomic E-state index is 0.515. The average molecular weight is 401 g/mol. The topological polar surface area (TPSA) is 74.1 Å². The molecule has 7 nitrogen and oxygen atoms in total. The first kappa shape index (κ1) is 17.5. The standard InChI is InChI=1S/C23H23N5O2/c1-29-21-13-25-18-9-15(5-6-17(18)26-21)23-27-19-10-16(24-12-14-3-4-14)11-20-22(19)28(23)7-2-8-30-20/h5-6,9-11,13-14,24H,2-4,7-8,12H2,1H3. The quantitative estimate of drug-likeness (QED) is 0.539. The highest BCUT2D eigenvalue weighted by molar-refractivity contribution is 5.90. The first-order chi connectivity index (χ1) is 14.8. The fourth-order valence-electron chi connectivity index (χ4n) is 4.10. The molecule has 6 rings (SSSR count). The predicted octanol–water partition coefficient (Wildman–Crippen LogP) is 4.26. The van der Waals surface area contributed by atoms with Crippen LogP contribution in [0.15, 0.2) is 36.5 Å². The van der Waals surface area contributed by atoms with E-state index in [0.717, 1.165) is 70.3 Å². The van der Waals surface area contributed by atoms with Gasteiger partial charge in [-0.2, -0.15) is 0 Å². The number of fused-ring (bicyclic) bond motifs is 1. The summed E-state index contributed by atoms with van der Waals surface area (Å²) < 4.78 is 13.6. The molecule has 2 aromatic heterocycles. The van der Waals surface area contributed by atoms with Crippen LogP contribution in [0.2, 0.25) is 0 Å². The Morgan fingerprint density at radius 2 is 2.07 bits per heavy atom. The van der Waals surface area contributed by atoms with Gasteiger partial charge in [0.1, 0.15) is 17.1 Å². The minimum atomic E-state index is 0.515. The van der Waals surface area contributed by atoms with E-state index in [4.69, 9.17) is 14.5 Å². The lowest BCUT2D eigenvalue weighted by atomic mass is 10.2. The molecule has 7 heteroatoms. The molecule has 3 heterocycles. The van der Waals surface area contributed by atoms with Gasteiger partial charge in [-0.3, -0.25) is 0 Å². The monoisotopic (exact) mass is 401 g/mol. The third-order valence-corrected chi connectivity index (χ3v) is 5.87. The summed E-state index contributed by atoms with van der Waals surface area (Å²) in [6, 6.07) is 10.3. The Balaban J connectivity index is 1.47. The zero-order chi connectivity index (χ0) is 20.1. The zero-order valence-corrected chi connectivity index (χ0v) is 16.9. The fourth-order valence-corrected chi connectivity index (χ4v) is 4.10. The third kappa shape index (κ3) is 3.01. The second-order valence-corrected chi connectivity index (χ2v) is 8.07. The lowest BCUT2D eigenvalue weighted by Crippen LogP contribution is -2.03. The number of hydrogen-bond donors (Lipinski definition) is 1. The molecule has 0 atom stereocenters. The Hall–Kier alpha value is -3.35. The number of rotatable bonds is 5. The minimum Gasteiger partial charge on any atom is -0.491 e. The Labute approximate surface area is 174 Å². The summed E-state index contributed by atoms with van der Waals surface area (Å²) in [5.41, 5.74) is 5.77. The number of anilines is 1. The van der Waals surface area contributed by atoms with Gasteiger partial charge in [0.2, 0.25) is 5.88 Å². The molecule has 0 amide bonds. The van der Waals surface area contributed by atoms with Crippen LogP contribution >= 0.6 is 0 Å². The molecule has 1 saturated carbocycles. The molecular formula is C23H23N5O2. The van der Waals surface area contributed by atoms with Crippen LogP contribution in [-0.4, -0.2) is 39.8 Å². The Morgan fingerprint density at radius 3 is 2.93 bits per heavy atom. The number of aryl methyl sites for hydroxylation is 1. The maximum Gasteiger partial charge on any atom is 0.232 e. The number of nitrogens with zero attached hydrogens (tertiary/aromatic N) is 4. The second kappa shape index (κ2) is 6.86. The molecule has 0 radical (unpaired) electrons. The maximum absolute atomic E-state index is 6.09. The number of imidazole rings is 1. The molecule has 0 spiro atoms. The van der Waals surface area contributed by atoms with Gasteiger partial charge in [0, 0.05) is 30.4 Å². The van der Waals surface area contributed by atoms with E-state index >= 15 is 0 Å². The molecule has 152 valence electrons. The number of benzene rings is 2. The molecule has 2 aliphatic rings. The first-order valence-electron chi connectivity index (χ1n) is 10.5. The van der Waals surface area contributed by atoms with Crippen LogP contribution in [0.3, 0.4) is 0 Å².